The number of H-pyrrole nitrogens is 1. The summed E-state index contributed by atoms with van der Waals surface area (Å²) in [6.07, 6.45) is 2.37. The number of aromatic nitrogens is 1. The normalized spacial score (nSPS) is 12.4. The van der Waals surface area contributed by atoms with Gasteiger partial charge < -0.3 is 10.5 Å². The second kappa shape index (κ2) is 5.97. The van der Waals surface area contributed by atoms with Gasteiger partial charge in [0, 0.05) is 19.3 Å². The number of rotatable bonds is 4. The van der Waals surface area contributed by atoms with Gasteiger partial charge in [-0.05, 0) is 0 Å². The first-order valence-electron chi connectivity index (χ1n) is 4.84. The zero-order valence-electron chi connectivity index (χ0n) is 9.81. The lowest BCUT2D eigenvalue weighted by Gasteiger charge is -2.04. The number of hydrogen-bond donors (Lipinski definition) is 1. The molecule has 3 N–H and O–H groups in total. The molecular formula is C10H12ClN4O3+. The molecule has 0 amide bonds. The van der Waals surface area contributed by atoms with E-state index in [0.717, 1.165) is 6.20 Å². The van der Waals surface area contributed by atoms with Crippen LogP contribution in [0.2, 0.25) is 0 Å². The van der Waals surface area contributed by atoms with Crippen LogP contribution < -0.4 is 15.5 Å². The summed E-state index contributed by atoms with van der Waals surface area (Å²) in [5, 5.41) is 10.9. The Labute approximate surface area is 108 Å². The molecule has 96 valence electrons. The quantitative estimate of drug-likeness (QED) is 0.498. The Morgan fingerprint density at radius 2 is 2.39 bits per heavy atom. The molecule has 18 heavy (non-hydrogen) atoms. The maximum absolute atomic E-state index is 10.7. The Balaban J connectivity index is 3.44. The second-order valence-corrected chi connectivity index (χ2v) is 3.56. The number of nitrogens with one attached hydrogen (secondary N) is 1. The number of aromatic amines is 1. The van der Waals surface area contributed by atoms with Crippen molar-refractivity contribution in [2.75, 3.05) is 14.2 Å². The molecule has 0 radical (unpaired) electrons. The maximum Gasteiger partial charge on any atom is 0.376 e. The average molecular weight is 272 g/mol. The molecule has 1 heterocycles. The largest absolute Gasteiger partial charge is 0.447 e. The number of hydrogen-bond acceptors (Lipinski definition) is 5. The van der Waals surface area contributed by atoms with Crippen LogP contribution in [0.15, 0.2) is 28.5 Å². The molecule has 1 aromatic heterocycles. The molecule has 0 unspecified atom stereocenters. The van der Waals surface area contributed by atoms with Crippen LogP contribution in [-0.4, -0.2) is 24.8 Å². The molecule has 0 fully saturated rings. The van der Waals surface area contributed by atoms with Gasteiger partial charge in [-0.3, -0.25) is 15.1 Å². The third-order valence-electron chi connectivity index (χ3n) is 2.15. The van der Waals surface area contributed by atoms with E-state index in [-0.39, 0.29) is 10.7 Å². The van der Waals surface area contributed by atoms with Crippen molar-refractivity contribution in [2.24, 2.45) is 10.7 Å². The molecular weight excluding hydrogens is 260 g/mol. The molecule has 0 spiro atoms. The van der Waals surface area contributed by atoms with E-state index in [1.165, 1.54) is 26.4 Å². The van der Waals surface area contributed by atoms with E-state index in [1.807, 2.05) is 0 Å². The molecule has 0 aliphatic carbocycles. The van der Waals surface area contributed by atoms with Gasteiger partial charge in [0.1, 0.15) is 5.56 Å². The van der Waals surface area contributed by atoms with Gasteiger partial charge in [-0.2, -0.15) is 4.98 Å². The lowest BCUT2D eigenvalue weighted by Crippen LogP contribution is -2.15. The van der Waals surface area contributed by atoms with Crippen LogP contribution in [0.25, 0.3) is 0 Å². The summed E-state index contributed by atoms with van der Waals surface area (Å²) in [6.45, 7) is 0. The van der Waals surface area contributed by atoms with Gasteiger partial charge in [0.2, 0.25) is 6.20 Å². The van der Waals surface area contributed by atoms with Gasteiger partial charge in [0.25, 0.3) is 0 Å². The number of nitrogens with zero attached hydrogens (tertiary/aromatic N) is 2. The van der Waals surface area contributed by atoms with Gasteiger partial charge >= 0.3 is 11.6 Å². The highest BCUT2D eigenvalue weighted by atomic mass is 35.5. The fraction of sp³-hybridized carbons (Fsp3) is 0.200. The Morgan fingerprint density at radius 1 is 1.72 bits per heavy atom. The third-order valence-corrected chi connectivity index (χ3v) is 2.46. The molecule has 8 heteroatoms. The first kappa shape index (κ1) is 13.9. The van der Waals surface area contributed by atoms with Crippen LogP contribution in [0, 0.1) is 10.1 Å². The molecule has 0 aliphatic rings. The van der Waals surface area contributed by atoms with Crippen molar-refractivity contribution in [2.45, 2.75) is 0 Å². The second-order valence-electron chi connectivity index (χ2n) is 3.15. The number of pyridine rings is 1. The molecule has 0 saturated heterocycles. The van der Waals surface area contributed by atoms with Crippen LogP contribution in [0.5, 0.6) is 5.88 Å². The maximum atomic E-state index is 10.7. The molecule has 0 atom stereocenters. The summed E-state index contributed by atoms with van der Waals surface area (Å²) < 4.78 is 5.07. The average Bonchev–Trinajstić information content (AvgIpc) is 2.39. The van der Waals surface area contributed by atoms with Crippen molar-refractivity contribution < 1.29 is 14.6 Å². The van der Waals surface area contributed by atoms with Gasteiger partial charge in [-0.25, -0.2) is 0 Å². The highest BCUT2D eigenvalue weighted by Crippen LogP contribution is 2.22. The molecule has 1 aromatic rings. The number of nitro groups is 1. The fourth-order valence-electron chi connectivity index (χ4n) is 1.36. The topological polar surface area (TPSA) is 105 Å². The van der Waals surface area contributed by atoms with Crippen molar-refractivity contribution in [3.05, 3.63) is 39.2 Å². The lowest BCUT2D eigenvalue weighted by molar-refractivity contribution is -0.426. The predicted octanol–water partition coefficient (Wildman–Crippen LogP) is 0.875. The highest BCUT2D eigenvalue weighted by molar-refractivity contribution is 6.46. The molecule has 7 nitrogen and oxygen atoms in total. The summed E-state index contributed by atoms with van der Waals surface area (Å²) >= 11 is 5.89. The molecule has 0 aromatic carbocycles. The van der Waals surface area contributed by atoms with E-state index < -0.39 is 4.92 Å². The molecule has 1 rings (SSSR count). The van der Waals surface area contributed by atoms with Crippen molar-refractivity contribution in [1.82, 2.24) is 0 Å². The van der Waals surface area contributed by atoms with Crippen LogP contribution >= 0.6 is 11.6 Å². The van der Waals surface area contributed by atoms with Crippen LogP contribution in [0.3, 0.4) is 0 Å². The highest BCUT2D eigenvalue weighted by Gasteiger charge is 2.23. The Bertz CT molecular complexity index is 528. The minimum atomic E-state index is -0.535. The van der Waals surface area contributed by atoms with Crippen LogP contribution in [0.1, 0.15) is 5.56 Å². The summed E-state index contributed by atoms with van der Waals surface area (Å²) in [5.41, 5.74) is 5.85. The van der Waals surface area contributed by atoms with E-state index in [9.17, 15) is 10.1 Å². The molecule has 0 aliphatic heterocycles. The van der Waals surface area contributed by atoms with Crippen LogP contribution in [0.4, 0.5) is 5.69 Å². The molecule has 0 bridgehead atoms. The van der Waals surface area contributed by atoms with Crippen molar-refractivity contribution >= 4 is 23.0 Å². The minimum Gasteiger partial charge on any atom is -0.447 e. The number of allylic oxidation sites excluding steroid dienone is 1. The van der Waals surface area contributed by atoms with Gasteiger partial charge in [0.15, 0.2) is 0 Å². The molecule has 0 saturated carbocycles. The first-order chi connectivity index (χ1) is 8.54. The van der Waals surface area contributed by atoms with E-state index in [2.05, 4.69) is 9.98 Å². The van der Waals surface area contributed by atoms with E-state index in [1.54, 1.807) is 0 Å². The van der Waals surface area contributed by atoms with Crippen molar-refractivity contribution in [1.29, 1.82) is 0 Å². The Hall–Kier alpha value is -2.15. The zero-order chi connectivity index (χ0) is 13.7. The van der Waals surface area contributed by atoms with E-state index in [4.69, 9.17) is 22.1 Å². The lowest BCUT2D eigenvalue weighted by atomic mass is 10.1. The van der Waals surface area contributed by atoms with E-state index >= 15 is 0 Å². The summed E-state index contributed by atoms with van der Waals surface area (Å²) in [7, 11) is 2.92. The first-order valence-corrected chi connectivity index (χ1v) is 5.22. The monoisotopic (exact) mass is 271 g/mol. The standard InChI is InChI=1S/C10H11ClN4O3/c1-13-9(8(11)4-12)7-3-6(15(16)17)5-14-10(7)18-2/h3-5H,12H2,1-2H3/p+1. The van der Waals surface area contributed by atoms with E-state index in [0.29, 0.717) is 17.2 Å². The Kier molecular flexibility index (Phi) is 4.61. The summed E-state index contributed by atoms with van der Waals surface area (Å²) in [5.74, 6) is 0.307. The minimum absolute atomic E-state index is 0.131. The third kappa shape index (κ3) is 2.75. The van der Waals surface area contributed by atoms with Gasteiger partial charge in [-0.1, -0.05) is 11.6 Å². The van der Waals surface area contributed by atoms with Gasteiger partial charge in [-0.15, -0.1) is 0 Å². The zero-order valence-corrected chi connectivity index (χ0v) is 10.6. The summed E-state index contributed by atoms with van der Waals surface area (Å²) in [6, 6.07) is 1.31. The fourth-order valence-corrected chi connectivity index (χ4v) is 1.54. The number of halogens is 1. The smallest absolute Gasteiger partial charge is 0.376 e. The van der Waals surface area contributed by atoms with Crippen molar-refractivity contribution in [3.8, 4) is 5.88 Å². The number of methoxy groups -OCH3 is 1. The predicted molar refractivity (Wildman–Crippen MR) is 66.8 cm³/mol. The summed E-state index contributed by atoms with van der Waals surface area (Å²) in [4.78, 5) is 16.8. The van der Waals surface area contributed by atoms with Crippen molar-refractivity contribution in [3.63, 3.8) is 0 Å². The Morgan fingerprint density at radius 3 is 2.83 bits per heavy atom. The number of aliphatic imine (C=N–C) groups is 1. The number of ether oxygens (including phenoxy) is 1. The number of nitrogens with two attached hydrogens (primary N) is 1. The SMILES string of the molecule is CN=C(C(Cl)=CN)c1cc([N+](=O)[O-])c[nH+]c1OC. The van der Waals surface area contributed by atoms with Crippen LogP contribution in [-0.2, 0) is 0 Å². The van der Waals surface area contributed by atoms with Gasteiger partial charge in [0.05, 0.1) is 22.8 Å².